The van der Waals surface area contributed by atoms with Gasteiger partial charge in [-0.05, 0) is 31.7 Å². The van der Waals surface area contributed by atoms with E-state index < -0.39 is 0 Å². The van der Waals surface area contributed by atoms with Crippen LogP contribution in [-0.2, 0) is 4.74 Å². The van der Waals surface area contributed by atoms with Gasteiger partial charge in [0.05, 0.1) is 0 Å². The van der Waals surface area contributed by atoms with Gasteiger partial charge in [-0.15, -0.1) is 0 Å². The van der Waals surface area contributed by atoms with Crippen molar-refractivity contribution in [3.63, 3.8) is 0 Å². The molecule has 2 nitrogen and oxygen atoms in total. The zero-order chi connectivity index (χ0) is 11.0. The second kappa shape index (κ2) is 8.25. The standard InChI is InChI=1S/C12H27NO/c1-6-14-8-7-12(10(2)3)9-13-11(4)5/h10-13H,6-9H2,1-5H3. The predicted molar refractivity (Wildman–Crippen MR) is 62.6 cm³/mol. The van der Waals surface area contributed by atoms with Gasteiger partial charge in [-0.1, -0.05) is 27.7 Å². The van der Waals surface area contributed by atoms with Crippen LogP contribution < -0.4 is 5.32 Å². The number of hydrogen-bond acceptors (Lipinski definition) is 2. The molecule has 0 aliphatic rings. The Bertz CT molecular complexity index is 123. The summed E-state index contributed by atoms with van der Waals surface area (Å²) in [6, 6.07) is 0.586. The molecule has 0 aliphatic carbocycles. The topological polar surface area (TPSA) is 21.3 Å². The van der Waals surface area contributed by atoms with E-state index in [9.17, 15) is 0 Å². The van der Waals surface area contributed by atoms with Gasteiger partial charge in [-0.25, -0.2) is 0 Å². The molecular formula is C12H27NO. The third-order valence-electron chi connectivity index (χ3n) is 2.57. The molecule has 0 aromatic carbocycles. The van der Waals surface area contributed by atoms with E-state index in [2.05, 4.69) is 39.9 Å². The molecule has 0 aliphatic heterocycles. The van der Waals surface area contributed by atoms with Gasteiger partial charge in [0.15, 0.2) is 0 Å². The van der Waals surface area contributed by atoms with Gasteiger partial charge in [0.2, 0.25) is 0 Å². The van der Waals surface area contributed by atoms with Gasteiger partial charge >= 0.3 is 0 Å². The molecule has 86 valence electrons. The first kappa shape index (κ1) is 13.9. The molecule has 1 unspecified atom stereocenters. The molecule has 0 amide bonds. The van der Waals surface area contributed by atoms with Crippen LogP contribution in [0.1, 0.15) is 41.0 Å². The minimum absolute atomic E-state index is 0.586. The van der Waals surface area contributed by atoms with E-state index in [-0.39, 0.29) is 0 Å². The number of hydrogen-bond donors (Lipinski definition) is 1. The minimum atomic E-state index is 0.586. The molecule has 0 spiro atoms. The molecule has 0 saturated carbocycles. The van der Waals surface area contributed by atoms with Gasteiger partial charge in [0.25, 0.3) is 0 Å². The summed E-state index contributed by atoms with van der Waals surface area (Å²) in [4.78, 5) is 0. The first-order chi connectivity index (χ1) is 6.57. The van der Waals surface area contributed by atoms with Crippen LogP contribution in [0.15, 0.2) is 0 Å². The van der Waals surface area contributed by atoms with E-state index in [4.69, 9.17) is 4.74 Å². The molecule has 0 saturated heterocycles. The van der Waals surface area contributed by atoms with Crippen LogP contribution in [-0.4, -0.2) is 25.8 Å². The van der Waals surface area contributed by atoms with Gasteiger partial charge in [-0.3, -0.25) is 0 Å². The number of ether oxygens (including phenoxy) is 1. The van der Waals surface area contributed by atoms with Crippen molar-refractivity contribution in [1.82, 2.24) is 5.32 Å². The first-order valence-electron chi connectivity index (χ1n) is 5.89. The van der Waals surface area contributed by atoms with Crippen LogP contribution in [0.25, 0.3) is 0 Å². The fourth-order valence-electron chi connectivity index (χ4n) is 1.44. The predicted octanol–water partition coefficient (Wildman–Crippen LogP) is 2.68. The van der Waals surface area contributed by atoms with E-state index in [1.807, 2.05) is 0 Å². The highest BCUT2D eigenvalue weighted by Gasteiger charge is 2.13. The Morgan fingerprint density at radius 3 is 2.21 bits per heavy atom. The van der Waals surface area contributed by atoms with E-state index in [1.54, 1.807) is 0 Å². The lowest BCUT2D eigenvalue weighted by molar-refractivity contribution is 0.123. The molecular weight excluding hydrogens is 174 g/mol. The highest BCUT2D eigenvalue weighted by Crippen LogP contribution is 2.14. The van der Waals surface area contributed by atoms with Gasteiger partial charge in [-0.2, -0.15) is 0 Å². The molecule has 1 atom stereocenters. The highest BCUT2D eigenvalue weighted by atomic mass is 16.5. The lowest BCUT2D eigenvalue weighted by Crippen LogP contribution is -2.31. The smallest absolute Gasteiger partial charge is 0.0469 e. The maximum Gasteiger partial charge on any atom is 0.0469 e. The van der Waals surface area contributed by atoms with E-state index >= 15 is 0 Å². The van der Waals surface area contributed by atoms with Gasteiger partial charge in [0, 0.05) is 19.3 Å². The third-order valence-corrected chi connectivity index (χ3v) is 2.57. The summed E-state index contributed by atoms with van der Waals surface area (Å²) >= 11 is 0. The van der Waals surface area contributed by atoms with Crippen LogP contribution in [0.5, 0.6) is 0 Å². The maximum atomic E-state index is 5.39. The molecule has 0 radical (unpaired) electrons. The summed E-state index contributed by atoms with van der Waals surface area (Å²) in [5.74, 6) is 1.48. The first-order valence-corrected chi connectivity index (χ1v) is 5.89. The Labute approximate surface area is 89.4 Å². The number of nitrogens with one attached hydrogen (secondary N) is 1. The zero-order valence-electron chi connectivity index (χ0n) is 10.5. The summed E-state index contributed by atoms with van der Waals surface area (Å²) in [6.07, 6.45) is 1.17. The van der Waals surface area contributed by atoms with Crippen molar-refractivity contribution in [2.75, 3.05) is 19.8 Å². The Balaban J connectivity index is 3.66. The van der Waals surface area contributed by atoms with E-state index in [1.165, 1.54) is 6.42 Å². The third kappa shape index (κ3) is 7.34. The Morgan fingerprint density at radius 2 is 1.79 bits per heavy atom. The normalized spacial score (nSPS) is 13.9. The van der Waals surface area contributed by atoms with Crippen LogP contribution in [0.2, 0.25) is 0 Å². The van der Waals surface area contributed by atoms with Crippen molar-refractivity contribution >= 4 is 0 Å². The fourth-order valence-corrected chi connectivity index (χ4v) is 1.44. The van der Waals surface area contributed by atoms with Crippen molar-refractivity contribution in [3.8, 4) is 0 Å². The second-order valence-electron chi connectivity index (χ2n) is 4.55. The fraction of sp³-hybridized carbons (Fsp3) is 1.00. The summed E-state index contributed by atoms with van der Waals surface area (Å²) in [5, 5.41) is 3.50. The van der Waals surface area contributed by atoms with Gasteiger partial charge in [0.1, 0.15) is 0 Å². The van der Waals surface area contributed by atoms with Crippen LogP contribution in [0.3, 0.4) is 0 Å². The summed E-state index contributed by atoms with van der Waals surface area (Å²) < 4.78 is 5.39. The molecule has 0 heterocycles. The molecule has 0 bridgehead atoms. The molecule has 2 heteroatoms. The van der Waals surface area contributed by atoms with Crippen molar-refractivity contribution in [2.45, 2.75) is 47.1 Å². The summed E-state index contributed by atoms with van der Waals surface area (Å²) in [5.41, 5.74) is 0. The van der Waals surface area contributed by atoms with E-state index in [0.29, 0.717) is 6.04 Å². The second-order valence-corrected chi connectivity index (χ2v) is 4.55. The molecule has 1 N–H and O–H groups in total. The van der Waals surface area contributed by atoms with Crippen LogP contribution in [0.4, 0.5) is 0 Å². The average molecular weight is 201 g/mol. The largest absolute Gasteiger partial charge is 0.382 e. The monoisotopic (exact) mass is 201 g/mol. The molecule has 0 aromatic heterocycles. The maximum absolute atomic E-state index is 5.39. The van der Waals surface area contributed by atoms with Crippen LogP contribution in [0, 0.1) is 11.8 Å². The molecule has 0 fully saturated rings. The molecule has 14 heavy (non-hydrogen) atoms. The average Bonchev–Trinajstić information content (AvgIpc) is 2.10. The van der Waals surface area contributed by atoms with Crippen molar-refractivity contribution in [3.05, 3.63) is 0 Å². The Kier molecular flexibility index (Phi) is 8.20. The van der Waals surface area contributed by atoms with Gasteiger partial charge < -0.3 is 10.1 Å². The van der Waals surface area contributed by atoms with Crippen molar-refractivity contribution in [2.24, 2.45) is 11.8 Å². The number of rotatable bonds is 8. The lowest BCUT2D eigenvalue weighted by Gasteiger charge is -2.22. The van der Waals surface area contributed by atoms with E-state index in [0.717, 1.165) is 31.6 Å². The van der Waals surface area contributed by atoms with Crippen LogP contribution >= 0.6 is 0 Å². The summed E-state index contributed by atoms with van der Waals surface area (Å²) in [7, 11) is 0. The molecule has 0 rings (SSSR count). The van der Waals surface area contributed by atoms with Crippen molar-refractivity contribution < 1.29 is 4.74 Å². The SMILES string of the molecule is CCOCCC(CNC(C)C)C(C)C. The highest BCUT2D eigenvalue weighted by molar-refractivity contribution is 4.67. The lowest BCUT2D eigenvalue weighted by atomic mass is 9.92. The Hall–Kier alpha value is -0.0800. The van der Waals surface area contributed by atoms with Crippen molar-refractivity contribution in [1.29, 1.82) is 0 Å². The summed E-state index contributed by atoms with van der Waals surface area (Å²) in [6.45, 7) is 13.9. The molecule has 0 aromatic rings. The zero-order valence-corrected chi connectivity index (χ0v) is 10.5. The minimum Gasteiger partial charge on any atom is -0.382 e. The quantitative estimate of drug-likeness (QED) is 0.610. The Morgan fingerprint density at radius 1 is 1.14 bits per heavy atom.